The van der Waals surface area contributed by atoms with Crippen LogP contribution in [0.25, 0.3) is 0 Å². The molecule has 1 aromatic rings. The predicted molar refractivity (Wildman–Crippen MR) is 68.8 cm³/mol. The molecule has 1 heterocycles. The Bertz CT molecular complexity index is 440. The quantitative estimate of drug-likeness (QED) is 0.799. The highest BCUT2D eigenvalue weighted by Gasteiger charge is 2.38. The lowest BCUT2D eigenvalue weighted by Gasteiger charge is -2.23. The molecule has 1 amide bonds. The van der Waals surface area contributed by atoms with Crippen LogP contribution in [0.3, 0.4) is 0 Å². The Morgan fingerprint density at radius 3 is 2.74 bits per heavy atom. The van der Waals surface area contributed by atoms with Crippen molar-refractivity contribution in [2.75, 3.05) is 6.54 Å². The zero-order chi connectivity index (χ0) is 13.6. The van der Waals surface area contributed by atoms with Crippen molar-refractivity contribution in [1.29, 1.82) is 5.26 Å². The van der Waals surface area contributed by atoms with E-state index >= 15 is 0 Å². The lowest BCUT2D eigenvalue weighted by Crippen LogP contribution is -2.40. The van der Waals surface area contributed by atoms with E-state index in [9.17, 15) is 10.1 Å². The van der Waals surface area contributed by atoms with Gasteiger partial charge in [0, 0.05) is 13.0 Å². The molecule has 1 aliphatic carbocycles. The molecule has 0 aliphatic heterocycles. The van der Waals surface area contributed by atoms with Gasteiger partial charge in [0.25, 0.3) is 0 Å². The van der Waals surface area contributed by atoms with Crippen LogP contribution >= 0.6 is 0 Å². The van der Waals surface area contributed by atoms with E-state index in [2.05, 4.69) is 26.6 Å². The minimum Gasteiger partial charge on any atom is -0.354 e. The summed E-state index contributed by atoms with van der Waals surface area (Å²) in [4.78, 5) is 16.2. The first kappa shape index (κ1) is 13.5. The second-order valence-corrected chi connectivity index (χ2v) is 5.05. The number of carbonyl (C=O) groups is 1. The molecule has 102 valence electrons. The summed E-state index contributed by atoms with van der Waals surface area (Å²) in [6, 6.07) is 2.25. The van der Waals surface area contributed by atoms with Gasteiger partial charge in [-0.25, -0.2) is 4.98 Å². The van der Waals surface area contributed by atoms with Crippen molar-refractivity contribution in [2.45, 2.75) is 44.9 Å². The van der Waals surface area contributed by atoms with Gasteiger partial charge >= 0.3 is 0 Å². The first-order valence-corrected chi connectivity index (χ1v) is 6.81. The van der Waals surface area contributed by atoms with Gasteiger partial charge in [0.2, 0.25) is 5.91 Å². The number of hydrogen-bond donors (Lipinski definition) is 2. The normalized spacial score (nSPS) is 18.3. The number of aromatic nitrogens is 3. The van der Waals surface area contributed by atoms with E-state index in [1.807, 2.05) is 0 Å². The summed E-state index contributed by atoms with van der Waals surface area (Å²) in [6.45, 7) is 0.484. The lowest BCUT2D eigenvalue weighted by atomic mass is 9.81. The second kappa shape index (κ2) is 6.32. The number of carbonyl (C=O) groups excluding carboxylic acids is 1. The molecule has 6 heteroatoms. The van der Waals surface area contributed by atoms with Gasteiger partial charge in [-0.2, -0.15) is 10.4 Å². The molecule has 0 atom stereocenters. The van der Waals surface area contributed by atoms with E-state index in [1.54, 1.807) is 0 Å². The van der Waals surface area contributed by atoms with E-state index in [0.717, 1.165) is 31.5 Å². The van der Waals surface area contributed by atoms with E-state index in [0.29, 0.717) is 25.8 Å². The van der Waals surface area contributed by atoms with Crippen LogP contribution in [0, 0.1) is 16.7 Å². The van der Waals surface area contributed by atoms with Crippen LogP contribution < -0.4 is 5.32 Å². The molecule has 6 nitrogen and oxygen atoms in total. The van der Waals surface area contributed by atoms with Crippen molar-refractivity contribution >= 4 is 5.91 Å². The third kappa shape index (κ3) is 3.31. The molecule has 0 aromatic carbocycles. The summed E-state index contributed by atoms with van der Waals surface area (Å²) in [6.07, 6.45) is 7.57. The third-order valence-corrected chi connectivity index (χ3v) is 3.72. The second-order valence-electron chi connectivity index (χ2n) is 5.05. The van der Waals surface area contributed by atoms with Crippen LogP contribution in [-0.2, 0) is 11.2 Å². The Balaban J connectivity index is 1.87. The van der Waals surface area contributed by atoms with Crippen LogP contribution in [0.2, 0.25) is 0 Å². The van der Waals surface area contributed by atoms with Gasteiger partial charge in [0.15, 0.2) is 0 Å². The zero-order valence-corrected chi connectivity index (χ0v) is 11.0. The van der Waals surface area contributed by atoms with Gasteiger partial charge < -0.3 is 5.32 Å². The molecule has 19 heavy (non-hydrogen) atoms. The van der Waals surface area contributed by atoms with Crippen molar-refractivity contribution in [1.82, 2.24) is 20.5 Å². The lowest BCUT2D eigenvalue weighted by molar-refractivity contribution is -0.128. The highest BCUT2D eigenvalue weighted by atomic mass is 16.2. The molecular formula is C13H19N5O. The molecule has 2 N–H and O–H groups in total. The van der Waals surface area contributed by atoms with Crippen LogP contribution in [0.4, 0.5) is 0 Å². The topological polar surface area (TPSA) is 94.5 Å². The average Bonchev–Trinajstić information content (AvgIpc) is 2.82. The Labute approximate surface area is 112 Å². The van der Waals surface area contributed by atoms with Gasteiger partial charge in [-0.1, -0.05) is 25.7 Å². The van der Waals surface area contributed by atoms with Gasteiger partial charge in [0.05, 0.1) is 6.07 Å². The number of H-pyrrole nitrogens is 1. The fourth-order valence-electron chi connectivity index (χ4n) is 2.54. The minimum atomic E-state index is -0.822. The predicted octanol–water partition coefficient (Wildman–Crippen LogP) is 1.33. The van der Waals surface area contributed by atoms with Crippen molar-refractivity contribution < 1.29 is 4.79 Å². The van der Waals surface area contributed by atoms with Gasteiger partial charge in [-0.15, -0.1) is 0 Å². The van der Waals surface area contributed by atoms with E-state index in [1.165, 1.54) is 6.33 Å². The summed E-state index contributed by atoms with van der Waals surface area (Å²) in [7, 11) is 0. The van der Waals surface area contributed by atoms with Crippen molar-refractivity contribution in [2.24, 2.45) is 5.41 Å². The summed E-state index contributed by atoms with van der Waals surface area (Å²) < 4.78 is 0. The smallest absolute Gasteiger partial charge is 0.240 e. The molecule has 0 bridgehead atoms. The van der Waals surface area contributed by atoms with E-state index in [-0.39, 0.29) is 5.91 Å². The monoisotopic (exact) mass is 261 g/mol. The van der Waals surface area contributed by atoms with Crippen LogP contribution in [0.5, 0.6) is 0 Å². The average molecular weight is 261 g/mol. The highest BCUT2D eigenvalue weighted by Crippen LogP contribution is 2.34. The highest BCUT2D eigenvalue weighted by molar-refractivity contribution is 5.85. The fourth-order valence-corrected chi connectivity index (χ4v) is 2.54. The molecule has 1 aliphatic rings. The van der Waals surface area contributed by atoms with E-state index in [4.69, 9.17) is 0 Å². The van der Waals surface area contributed by atoms with Crippen LogP contribution in [0.1, 0.15) is 44.3 Å². The fraction of sp³-hybridized carbons (Fsp3) is 0.692. The van der Waals surface area contributed by atoms with Gasteiger partial charge in [0.1, 0.15) is 17.6 Å². The Hall–Kier alpha value is -1.90. The molecular weight excluding hydrogens is 242 g/mol. The van der Waals surface area contributed by atoms with Crippen molar-refractivity contribution in [3.8, 4) is 6.07 Å². The van der Waals surface area contributed by atoms with Crippen LogP contribution in [-0.4, -0.2) is 27.6 Å². The van der Waals surface area contributed by atoms with Crippen LogP contribution in [0.15, 0.2) is 6.33 Å². The Morgan fingerprint density at radius 2 is 2.16 bits per heavy atom. The van der Waals surface area contributed by atoms with Gasteiger partial charge in [-0.05, 0) is 12.8 Å². The number of nitrogens with zero attached hydrogens (tertiary/aromatic N) is 3. The number of amides is 1. The largest absolute Gasteiger partial charge is 0.354 e. The zero-order valence-electron chi connectivity index (χ0n) is 11.0. The molecule has 1 aromatic heterocycles. The maximum atomic E-state index is 12.3. The number of hydrogen-bond acceptors (Lipinski definition) is 4. The number of nitrogens with one attached hydrogen (secondary N) is 2. The van der Waals surface area contributed by atoms with E-state index < -0.39 is 5.41 Å². The first-order valence-electron chi connectivity index (χ1n) is 6.81. The maximum Gasteiger partial charge on any atom is 0.240 e. The summed E-state index contributed by atoms with van der Waals surface area (Å²) in [5, 5.41) is 18.7. The maximum absolute atomic E-state index is 12.3. The molecule has 1 fully saturated rings. The summed E-state index contributed by atoms with van der Waals surface area (Å²) in [5.41, 5.74) is -0.822. The molecule has 2 rings (SSSR count). The standard InChI is InChI=1S/C13H19N5O/c14-9-13(6-3-1-2-4-7-13)12(19)15-8-5-11-16-10-17-18-11/h10H,1-8H2,(H,15,19)(H,16,17,18). The third-order valence-electron chi connectivity index (χ3n) is 3.72. The summed E-state index contributed by atoms with van der Waals surface area (Å²) >= 11 is 0. The number of nitriles is 1. The van der Waals surface area contributed by atoms with Crippen molar-refractivity contribution in [3.63, 3.8) is 0 Å². The molecule has 0 radical (unpaired) electrons. The Morgan fingerprint density at radius 1 is 1.42 bits per heavy atom. The number of aromatic amines is 1. The molecule has 0 unspecified atom stereocenters. The summed E-state index contributed by atoms with van der Waals surface area (Å²) in [5.74, 6) is 0.614. The minimum absolute atomic E-state index is 0.128. The number of rotatable bonds is 4. The SMILES string of the molecule is N#CC1(C(=O)NCCc2ncn[nH]2)CCCCCC1. The Kier molecular flexibility index (Phi) is 4.50. The molecule has 1 saturated carbocycles. The van der Waals surface area contributed by atoms with Gasteiger partial charge in [-0.3, -0.25) is 9.89 Å². The molecule has 0 spiro atoms. The van der Waals surface area contributed by atoms with Crippen molar-refractivity contribution in [3.05, 3.63) is 12.2 Å². The first-order chi connectivity index (χ1) is 9.27. The molecule has 0 saturated heterocycles.